The Labute approximate surface area is 59.7 Å². The van der Waals surface area contributed by atoms with Crippen molar-refractivity contribution in [2.75, 3.05) is 11.6 Å². The van der Waals surface area contributed by atoms with Gasteiger partial charge in [0, 0.05) is 18.9 Å². The maximum atomic E-state index is 5.50. The van der Waals surface area contributed by atoms with Crippen LogP contribution in [-0.2, 0) is 0 Å². The van der Waals surface area contributed by atoms with E-state index in [1.54, 1.807) is 18.5 Å². The van der Waals surface area contributed by atoms with E-state index in [-0.39, 0.29) is 0 Å². The summed E-state index contributed by atoms with van der Waals surface area (Å²) in [5.74, 6) is 6.06. The molecule has 4 heteroatoms. The van der Waals surface area contributed by atoms with E-state index in [0.29, 0.717) is 12.5 Å². The van der Waals surface area contributed by atoms with Gasteiger partial charge in [-0.15, -0.1) is 0 Å². The SMILES string of the molecule is CCN(N)c1ncccn1. The molecule has 0 aliphatic rings. The highest BCUT2D eigenvalue weighted by Crippen LogP contribution is 1.96. The Hall–Kier alpha value is -1.16. The highest BCUT2D eigenvalue weighted by Gasteiger charge is 1.97. The van der Waals surface area contributed by atoms with Crippen molar-refractivity contribution in [1.82, 2.24) is 9.97 Å². The van der Waals surface area contributed by atoms with Crippen LogP contribution in [0.25, 0.3) is 0 Å². The molecule has 10 heavy (non-hydrogen) atoms. The summed E-state index contributed by atoms with van der Waals surface area (Å²) in [6, 6.07) is 1.76. The number of nitrogens with zero attached hydrogens (tertiary/aromatic N) is 3. The van der Waals surface area contributed by atoms with Gasteiger partial charge in [0.05, 0.1) is 0 Å². The van der Waals surface area contributed by atoms with Gasteiger partial charge in [-0.05, 0) is 13.0 Å². The Morgan fingerprint density at radius 2 is 2.10 bits per heavy atom. The molecule has 1 aromatic rings. The summed E-state index contributed by atoms with van der Waals surface area (Å²) in [6.07, 6.45) is 3.33. The Bertz CT molecular complexity index is 186. The predicted molar refractivity (Wildman–Crippen MR) is 39.2 cm³/mol. The average molecular weight is 138 g/mol. The first-order chi connectivity index (χ1) is 4.84. The molecule has 0 saturated carbocycles. The fourth-order valence-electron chi connectivity index (χ4n) is 0.581. The molecule has 1 aromatic heterocycles. The third-order valence-electron chi connectivity index (χ3n) is 1.15. The molecule has 0 aromatic carbocycles. The molecule has 0 fully saturated rings. The molecule has 0 aliphatic heterocycles. The van der Waals surface area contributed by atoms with Gasteiger partial charge in [0.15, 0.2) is 0 Å². The van der Waals surface area contributed by atoms with Crippen LogP contribution in [0.1, 0.15) is 6.92 Å². The van der Waals surface area contributed by atoms with Crippen molar-refractivity contribution in [3.8, 4) is 0 Å². The number of nitrogens with two attached hydrogens (primary N) is 1. The van der Waals surface area contributed by atoms with Crippen LogP contribution in [0.3, 0.4) is 0 Å². The summed E-state index contributed by atoms with van der Waals surface area (Å²) in [5.41, 5.74) is 0. The normalized spacial score (nSPS) is 9.40. The van der Waals surface area contributed by atoms with Crippen molar-refractivity contribution in [2.45, 2.75) is 6.92 Å². The molecule has 0 atom stereocenters. The van der Waals surface area contributed by atoms with Crippen LogP contribution in [0.5, 0.6) is 0 Å². The lowest BCUT2D eigenvalue weighted by atomic mass is 10.6. The first kappa shape index (κ1) is 6.95. The molecule has 0 bridgehead atoms. The maximum absolute atomic E-state index is 5.50. The van der Waals surface area contributed by atoms with Crippen LogP contribution in [0.15, 0.2) is 18.5 Å². The molecule has 0 saturated heterocycles. The first-order valence-electron chi connectivity index (χ1n) is 3.14. The maximum Gasteiger partial charge on any atom is 0.239 e. The van der Waals surface area contributed by atoms with Crippen LogP contribution >= 0.6 is 0 Å². The van der Waals surface area contributed by atoms with Crippen LogP contribution in [-0.4, -0.2) is 16.5 Å². The largest absolute Gasteiger partial charge is 0.279 e. The molecule has 4 nitrogen and oxygen atoms in total. The summed E-state index contributed by atoms with van der Waals surface area (Å²) in [7, 11) is 0. The summed E-state index contributed by atoms with van der Waals surface area (Å²) in [5, 5.41) is 1.49. The van der Waals surface area contributed by atoms with E-state index < -0.39 is 0 Å². The Kier molecular flexibility index (Phi) is 2.17. The van der Waals surface area contributed by atoms with E-state index in [1.807, 2.05) is 6.92 Å². The van der Waals surface area contributed by atoms with Crippen molar-refractivity contribution < 1.29 is 0 Å². The lowest BCUT2D eigenvalue weighted by molar-refractivity contribution is 0.839. The molecule has 1 heterocycles. The van der Waals surface area contributed by atoms with Crippen LogP contribution in [0.4, 0.5) is 5.95 Å². The molecule has 0 amide bonds. The molecular formula is C6H10N4. The molecule has 0 spiro atoms. The molecule has 54 valence electrons. The Morgan fingerprint density at radius 3 is 2.60 bits per heavy atom. The zero-order chi connectivity index (χ0) is 7.40. The van der Waals surface area contributed by atoms with E-state index >= 15 is 0 Å². The second-order valence-electron chi connectivity index (χ2n) is 1.83. The summed E-state index contributed by atoms with van der Waals surface area (Å²) in [4.78, 5) is 7.88. The third-order valence-corrected chi connectivity index (χ3v) is 1.15. The summed E-state index contributed by atoms with van der Waals surface area (Å²) >= 11 is 0. The van der Waals surface area contributed by atoms with Gasteiger partial charge in [-0.25, -0.2) is 15.8 Å². The van der Waals surface area contributed by atoms with Gasteiger partial charge in [-0.1, -0.05) is 0 Å². The highest BCUT2D eigenvalue weighted by atomic mass is 15.4. The molecule has 0 aliphatic carbocycles. The third kappa shape index (κ3) is 1.41. The topological polar surface area (TPSA) is 55.0 Å². The fraction of sp³-hybridized carbons (Fsp3) is 0.333. The first-order valence-corrected chi connectivity index (χ1v) is 3.14. The van der Waals surface area contributed by atoms with E-state index in [1.165, 1.54) is 5.01 Å². The number of hydrogen-bond donors (Lipinski definition) is 1. The summed E-state index contributed by atoms with van der Waals surface area (Å²) < 4.78 is 0. The standard InChI is InChI=1S/C6H10N4/c1-2-10(7)6-8-4-3-5-9-6/h3-5H,2,7H2,1H3. The Morgan fingerprint density at radius 1 is 1.50 bits per heavy atom. The minimum Gasteiger partial charge on any atom is -0.279 e. The molecule has 0 unspecified atom stereocenters. The summed E-state index contributed by atoms with van der Waals surface area (Å²) in [6.45, 7) is 2.65. The van der Waals surface area contributed by atoms with Gasteiger partial charge in [-0.3, -0.25) is 5.01 Å². The average Bonchev–Trinajstić information content (AvgIpc) is 2.05. The van der Waals surface area contributed by atoms with E-state index in [9.17, 15) is 0 Å². The minimum atomic E-state index is 0.560. The number of rotatable bonds is 2. The zero-order valence-corrected chi connectivity index (χ0v) is 5.86. The van der Waals surface area contributed by atoms with E-state index in [4.69, 9.17) is 5.84 Å². The monoisotopic (exact) mass is 138 g/mol. The number of anilines is 1. The van der Waals surface area contributed by atoms with Crippen molar-refractivity contribution >= 4 is 5.95 Å². The van der Waals surface area contributed by atoms with E-state index in [2.05, 4.69) is 9.97 Å². The molecule has 0 radical (unpaired) electrons. The predicted octanol–water partition coefficient (Wildman–Crippen LogP) is 0.177. The van der Waals surface area contributed by atoms with Gasteiger partial charge >= 0.3 is 0 Å². The van der Waals surface area contributed by atoms with Gasteiger partial charge in [-0.2, -0.15) is 0 Å². The van der Waals surface area contributed by atoms with Gasteiger partial charge in [0.2, 0.25) is 5.95 Å². The number of hydrogen-bond acceptors (Lipinski definition) is 4. The number of aromatic nitrogens is 2. The van der Waals surface area contributed by atoms with Crippen LogP contribution < -0.4 is 10.9 Å². The van der Waals surface area contributed by atoms with Crippen molar-refractivity contribution in [2.24, 2.45) is 5.84 Å². The molecule has 2 N–H and O–H groups in total. The minimum absolute atomic E-state index is 0.560. The van der Waals surface area contributed by atoms with Crippen molar-refractivity contribution in [3.05, 3.63) is 18.5 Å². The quantitative estimate of drug-likeness (QED) is 0.467. The van der Waals surface area contributed by atoms with Gasteiger partial charge < -0.3 is 0 Å². The van der Waals surface area contributed by atoms with Crippen molar-refractivity contribution in [1.29, 1.82) is 0 Å². The molecular weight excluding hydrogens is 128 g/mol. The second kappa shape index (κ2) is 3.12. The van der Waals surface area contributed by atoms with Crippen molar-refractivity contribution in [3.63, 3.8) is 0 Å². The number of hydrazine groups is 1. The van der Waals surface area contributed by atoms with E-state index in [0.717, 1.165) is 0 Å². The Balaban J connectivity index is 2.75. The lowest BCUT2D eigenvalue weighted by Crippen LogP contribution is -2.31. The highest BCUT2D eigenvalue weighted by molar-refractivity contribution is 5.24. The smallest absolute Gasteiger partial charge is 0.239 e. The second-order valence-corrected chi connectivity index (χ2v) is 1.83. The lowest BCUT2D eigenvalue weighted by Gasteiger charge is -2.11. The van der Waals surface area contributed by atoms with Gasteiger partial charge in [0.1, 0.15) is 0 Å². The van der Waals surface area contributed by atoms with Crippen LogP contribution in [0.2, 0.25) is 0 Å². The fourth-order valence-corrected chi connectivity index (χ4v) is 0.581. The van der Waals surface area contributed by atoms with Gasteiger partial charge in [0.25, 0.3) is 0 Å². The zero-order valence-electron chi connectivity index (χ0n) is 5.86. The molecule has 1 rings (SSSR count). The van der Waals surface area contributed by atoms with Crippen LogP contribution in [0, 0.1) is 0 Å².